The molecular formula is C9H12O2. The molecule has 0 N–H and O–H groups in total. The first-order valence-corrected chi connectivity index (χ1v) is 4.10. The SMILES string of the molecule is C=C1CC[C@@H]2CC(=O)[C@H](C1)O2. The molecule has 2 bridgehead atoms. The van der Waals surface area contributed by atoms with Gasteiger partial charge in [-0.25, -0.2) is 0 Å². The van der Waals surface area contributed by atoms with E-state index in [1.807, 2.05) is 0 Å². The van der Waals surface area contributed by atoms with Gasteiger partial charge in [-0.15, -0.1) is 0 Å². The third-order valence-corrected chi connectivity index (χ3v) is 2.44. The molecule has 2 aliphatic heterocycles. The number of ketones is 1. The van der Waals surface area contributed by atoms with Crippen LogP contribution in [0.25, 0.3) is 0 Å². The van der Waals surface area contributed by atoms with Crippen molar-refractivity contribution in [3.05, 3.63) is 12.2 Å². The zero-order valence-electron chi connectivity index (χ0n) is 6.51. The van der Waals surface area contributed by atoms with Crippen molar-refractivity contribution in [2.45, 2.75) is 37.9 Å². The Morgan fingerprint density at radius 2 is 2.27 bits per heavy atom. The van der Waals surface area contributed by atoms with E-state index in [0.29, 0.717) is 6.42 Å². The molecule has 0 unspecified atom stereocenters. The average molecular weight is 152 g/mol. The monoisotopic (exact) mass is 152 g/mol. The van der Waals surface area contributed by atoms with E-state index >= 15 is 0 Å². The molecule has 0 aromatic carbocycles. The van der Waals surface area contributed by atoms with Crippen molar-refractivity contribution in [1.29, 1.82) is 0 Å². The highest BCUT2D eigenvalue weighted by Crippen LogP contribution is 2.30. The maximum absolute atomic E-state index is 11.2. The molecule has 0 aromatic rings. The predicted molar refractivity (Wildman–Crippen MR) is 41.3 cm³/mol. The minimum Gasteiger partial charge on any atom is -0.366 e. The van der Waals surface area contributed by atoms with Crippen LogP contribution in [-0.4, -0.2) is 18.0 Å². The van der Waals surface area contributed by atoms with Crippen LogP contribution in [0.2, 0.25) is 0 Å². The summed E-state index contributed by atoms with van der Waals surface area (Å²) in [7, 11) is 0. The third-order valence-electron chi connectivity index (χ3n) is 2.44. The van der Waals surface area contributed by atoms with Gasteiger partial charge in [0.15, 0.2) is 5.78 Å². The minimum absolute atomic E-state index is 0.144. The maximum Gasteiger partial charge on any atom is 0.164 e. The lowest BCUT2D eigenvalue weighted by Gasteiger charge is -2.05. The zero-order chi connectivity index (χ0) is 7.84. The van der Waals surface area contributed by atoms with E-state index in [1.165, 1.54) is 5.57 Å². The summed E-state index contributed by atoms with van der Waals surface area (Å²) in [6, 6.07) is 0. The Morgan fingerprint density at radius 1 is 1.45 bits per heavy atom. The zero-order valence-corrected chi connectivity index (χ0v) is 6.51. The van der Waals surface area contributed by atoms with Crippen molar-refractivity contribution in [3.63, 3.8) is 0 Å². The Labute approximate surface area is 66.2 Å². The van der Waals surface area contributed by atoms with Crippen molar-refractivity contribution in [2.75, 3.05) is 0 Å². The Morgan fingerprint density at radius 3 is 3.09 bits per heavy atom. The van der Waals surface area contributed by atoms with Gasteiger partial charge in [-0.2, -0.15) is 0 Å². The van der Waals surface area contributed by atoms with Gasteiger partial charge in [-0.05, 0) is 12.8 Å². The molecule has 2 fully saturated rings. The smallest absolute Gasteiger partial charge is 0.164 e. The number of ether oxygens (including phenoxy) is 1. The van der Waals surface area contributed by atoms with Crippen LogP contribution >= 0.6 is 0 Å². The standard InChI is InChI=1S/C9H12O2/c1-6-2-3-7-5-8(10)9(4-6)11-7/h7,9H,1-5H2/t7-,9+/m1/s1. The highest BCUT2D eigenvalue weighted by Gasteiger charge is 2.35. The fourth-order valence-electron chi connectivity index (χ4n) is 1.77. The second-order valence-corrected chi connectivity index (χ2v) is 3.41. The first kappa shape index (κ1) is 7.04. The largest absolute Gasteiger partial charge is 0.366 e. The molecule has 2 nitrogen and oxygen atoms in total. The molecule has 2 heterocycles. The Balaban J connectivity index is 2.15. The summed E-state index contributed by atoms with van der Waals surface area (Å²) in [5.41, 5.74) is 1.17. The Kier molecular flexibility index (Phi) is 1.57. The van der Waals surface area contributed by atoms with Crippen molar-refractivity contribution in [2.24, 2.45) is 0 Å². The molecule has 0 spiro atoms. The summed E-state index contributed by atoms with van der Waals surface area (Å²) in [5.74, 6) is 0.274. The van der Waals surface area contributed by atoms with Crippen LogP contribution in [0.4, 0.5) is 0 Å². The number of carbonyl (C=O) groups is 1. The summed E-state index contributed by atoms with van der Waals surface area (Å²) in [6.45, 7) is 3.90. The number of fused-ring (bicyclic) bond motifs is 2. The van der Waals surface area contributed by atoms with Crippen LogP contribution in [0.3, 0.4) is 0 Å². The first-order chi connectivity index (χ1) is 5.25. The van der Waals surface area contributed by atoms with Gasteiger partial charge in [0.1, 0.15) is 6.10 Å². The fraction of sp³-hybridized carbons (Fsp3) is 0.667. The molecule has 0 aliphatic carbocycles. The fourth-order valence-corrected chi connectivity index (χ4v) is 1.77. The van der Waals surface area contributed by atoms with Crippen molar-refractivity contribution in [3.8, 4) is 0 Å². The van der Waals surface area contributed by atoms with E-state index < -0.39 is 0 Å². The van der Waals surface area contributed by atoms with E-state index in [4.69, 9.17) is 4.74 Å². The lowest BCUT2D eigenvalue weighted by Crippen LogP contribution is -2.14. The number of rotatable bonds is 0. The van der Waals surface area contributed by atoms with Crippen molar-refractivity contribution in [1.82, 2.24) is 0 Å². The highest BCUT2D eigenvalue weighted by molar-refractivity contribution is 5.85. The first-order valence-electron chi connectivity index (χ1n) is 4.10. The molecule has 2 aliphatic rings. The summed E-state index contributed by atoms with van der Waals surface area (Å²) in [5, 5.41) is 0. The van der Waals surface area contributed by atoms with Gasteiger partial charge in [-0.3, -0.25) is 4.79 Å². The molecular weight excluding hydrogens is 140 g/mol. The van der Waals surface area contributed by atoms with Crippen LogP contribution in [0, 0.1) is 0 Å². The second-order valence-electron chi connectivity index (χ2n) is 3.41. The Hall–Kier alpha value is -0.630. The number of Topliss-reactive ketones (excluding diaryl/α,β-unsaturated/α-hetero) is 1. The molecule has 0 radical (unpaired) electrons. The van der Waals surface area contributed by atoms with Gasteiger partial charge >= 0.3 is 0 Å². The summed E-state index contributed by atoms with van der Waals surface area (Å²) in [4.78, 5) is 11.2. The van der Waals surface area contributed by atoms with Crippen LogP contribution in [-0.2, 0) is 9.53 Å². The maximum atomic E-state index is 11.2. The van der Waals surface area contributed by atoms with Crippen LogP contribution in [0.1, 0.15) is 25.7 Å². The van der Waals surface area contributed by atoms with Crippen LogP contribution in [0.5, 0.6) is 0 Å². The van der Waals surface area contributed by atoms with Crippen LogP contribution in [0.15, 0.2) is 12.2 Å². The lowest BCUT2D eigenvalue weighted by molar-refractivity contribution is -0.122. The number of hydrogen-bond donors (Lipinski definition) is 0. The molecule has 2 heteroatoms. The molecule has 60 valence electrons. The van der Waals surface area contributed by atoms with E-state index in [2.05, 4.69) is 6.58 Å². The van der Waals surface area contributed by atoms with E-state index in [0.717, 1.165) is 19.3 Å². The highest BCUT2D eigenvalue weighted by atomic mass is 16.5. The Bertz CT molecular complexity index is 208. The van der Waals surface area contributed by atoms with Crippen molar-refractivity contribution < 1.29 is 9.53 Å². The summed E-state index contributed by atoms with van der Waals surface area (Å²) in [6.07, 6.45) is 3.48. The van der Waals surface area contributed by atoms with E-state index in [1.54, 1.807) is 0 Å². The normalized spacial score (nSPS) is 37.5. The predicted octanol–water partition coefficient (Wildman–Crippen LogP) is 1.45. The quantitative estimate of drug-likeness (QED) is 0.491. The van der Waals surface area contributed by atoms with Gasteiger partial charge in [-0.1, -0.05) is 12.2 Å². The molecule has 0 amide bonds. The second kappa shape index (κ2) is 2.45. The molecule has 2 atom stereocenters. The summed E-state index contributed by atoms with van der Waals surface area (Å²) < 4.78 is 5.49. The van der Waals surface area contributed by atoms with E-state index in [-0.39, 0.29) is 18.0 Å². The third kappa shape index (κ3) is 1.23. The molecule has 2 rings (SSSR count). The molecule has 0 saturated carbocycles. The van der Waals surface area contributed by atoms with Gasteiger partial charge in [0.05, 0.1) is 6.10 Å². The topological polar surface area (TPSA) is 26.3 Å². The minimum atomic E-state index is -0.144. The number of hydrogen-bond acceptors (Lipinski definition) is 2. The van der Waals surface area contributed by atoms with Gasteiger partial charge in [0, 0.05) is 12.8 Å². The molecule has 11 heavy (non-hydrogen) atoms. The summed E-state index contributed by atoms with van der Waals surface area (Å²) >= 11 is 0. The van der Waals surface area contributed by atoms with Crippen LogP contribution < -0.4 is 0 Å². The molecule has 0 aromatic heterocycles. The van der Waals surface area contributed by atoms with E-state index in [9.17, 15) is 4.79 Å². The number of carbonyl (C=O) groups excluding carboxylic acids is 1. The van der Waals surface area contributed by atoms with Gasteiger partial charge < -0.3 is 4.74 Å². The van der Waals surface area contributed by atoms with Crippen molar-refractivity contribution >= 4 is 5.78 Å². The molecule has 2 saturated heterocycles. The lowest BCUT2D eigenvalue weighted by atomic mass is 9.97. The van der Waals surface area contributed by atoms with Gasteiger partial charge in [0.25, 0.3) is 0 Å². The van der Waals surface area contributed by atoms with Gasteiger partial charge in [0.2, 0.25) is 0 Å². The average Bonchev–Trinajstić information content (AvgIpc) is 2.15.